The maximum atomic E-state index is 11.9. The van der Waals surface area contributed by atoms with E-state index in [0.717, 1.165) is 0 Å². The van der Waals surface area contributed by atoms with Gasteiger partial charge < -0.3 is 0 Å². The topological polar surface area (TPSA) is 17.1 Å². The van der Waals surface area contributed by atoms with E-state index in [-0.39, 0.29) is 12.2 Å². The van der Waals surface area contributed by atoms with E-state index >= 15 is 0 Å². The molecule has 82 valence electrons. The van der Waals surface area contributed by atoms with Crippen LogP contribution in [0.25, 0.3) is 0 Å². The van der Waals surface area contributed by atoms with Gasteiger partial charge in [0.05, 0.1) is 12.1 Å². The monoisotopic (exact) mass is 228 g/mol. The molecule has 0 radical (unpaired) electrons. The lowest BCUT2D eigenvalue weighted by Gasteiger charge is -2.05. The number of halogens is 2. The van der Waals surface area contributed by atoms with Crippen LogP contribution in [0, 0.1) is 0 Å². The molecule has 1 aromatic rings. The molecule has 1 nitrogen and oxygen atoms in total. The summed E-state index contributed by atoms with van der Waals surface area (Å²) in [5.41, 5.74) is 0.538. The highest BCUT2D eigenvalue weighted by molar-refractivity contribution is 6.33. The zero-order valence-corrected chi connectivity index (χ0v) is 9.21. The Morgan fingerprint density at radius 3 is 2.33 bits per heavy atom. The van der Waals surface area contributed by atoms with E-state index in [9.17, 15) is 9.18 Å². The number of carbonyl (C=O) groups excluding carboxylic acids is 1. The summed E-state index contributed by atoms with van der Waals surface area (Å²) in [6.07, 6.45) is 0.0787. The van der Waals surface area contributed by atoms with E-state index in [2.05, 4.69) is 13.2 Å². The summed E-state index contributed by atoms with van der Waals surface area (Å²) in [6, 6.07) is 8.68. The SMILES string of the molecule is C=C.O=C(c1ccccc1)[C@H](Cl)CCF. The zero-order valence-electron chi connectivity index (χ0n) is 8.46. The maximum absolute atomic E-state index is 11.9. The molecule has 0 heterocycles. The predicted molar refractivity (Wildman–Crippen MR) is 62.3 cm³/mol. The first-order chi connectivity index (χ1) is 7.25. The maximum Gasteiger partial charge on any atom is 0.180 e. The van der Waals surface area contributed by atoms with Crippen LogP contribution in [0.3, 0.4) is 0 Å². The van der Waals surface area contributed by atoms with Gasteiger partial charge >= 0.3 is 0 Å². The van der Waals surface area contributed by atoms with Gasteiger partial charge in [-0.1, -0.05) is 30.3 Å². The van der Waals surface area contributed by atoms with Gasteiger partial charge in [-0.2, -0.15) is 0 Å². The van der Waals surface area contributed by atoms with Crippen molar-refractivity contribution in [3.63, 3.8) is 0 Å². The number of Topliss-reactive ketones (excluding diaryl/α,β-unsaturated/α-hetero) is 1. The van der Waals surface area contributed by atoms with Gasteiger partial charge in [0.1, 0.15) is 0 Å². The highest BCUT2D eigenvalue weighted by Gasteiger charge is 2.16. The van der Waals surface area contributed by atoms with Gasteiger partial charge in [0.25, 0.3) is 0 Å². The van der Waals surface area contributed by atoms with Crippen LogP contribution in [0.5, 0.6) is 0 Å². The first-order valence-electron chi connectivity index (χ1n) is 4.55. The van der Waals surface area contributed by atoms with Crippen molar-refractivity contribution in [2.45, 2.75) is 11.8 Å². The molecule has 0 aliphatic rings. The van der Waals surface area contributed by atoms with E-state index in [1.807, 2.05) is 6.07 Å². The van der Waals surface area contributed by atoms with Gasteiger partial charge in [-0.05, 0) is 6.42 Å². The fourth-order valence-electron chi connectivity index (χ4n) is 1.01. The largest absolute Gasteiger partial charge is 0.293 e. The first kappa shape index (κ1) is 13.8. The van der Waals surface area contributed by atoms with Crippen molar-refractivity contribution in [1.82, 2.24) is 0 Å². The third kappa shape index (κ3) is 4.75. The molecule has 0 aliphatic carbocycles. The van der Waals surface area contributed by atoms with Gasteiger partial charge in [-0.3, -0.25) is 9.18 Å². The Morgan fingerprint density at radius 2 is 1.87 bits per heavy atom. The Morgan fingerprint density at radius 1 is 1.33 bits per heavy atom. The minimum atomic E-state index is -0.743. The summed E-state index contributed by atoms with van der Waals surface area (Å²) >= 11 is 5.68. The minimum absolute atomic E-state index is 0.0787. The lowest BCUT2D eigenvalue weighted by molar-refractivity contribution is 0.0981. The van der Waals surface area contributed by atoms with Gasteiger partial charge in [0.2, 0.25) is 0 Å². The second kappa shape index (κ2) is 8.18. The summed E-state index contributed by atoms with van der Waals surface area (Å²) in [6.45, 7) is 5.44. The number of carbonyl (C=O) groups is 1. The van der Waals surface area contributed by atoms with Crippen molar-refractivity contribution in [3.8, 4) is 0 Å². The smallest absolute Gasteiger partial charge is 0.180 e. The Labute approximate surface area is 94.6 Å². The van der Waals surface area contributed by atoms with Crippen LogP contribution in [0.1, 0.15) is 16.8 Å². The van der Waals surface area contributed by atoms with Crippen LogP contribution in [0.4, 0.5) is 4.39 Å². The molecule has 0 N–H and O–H groups in total. The molecule has 0 bridgehead atoms. The molecule has 3 heteroatoms. The molecule has 1 atom stereocenters. The third-order valence-electron chi connectivity index (χ3n) is 1.71. The van der Waals surface area contributed by atoms with Crippen molar-refractivity contribution in [2.75, 3.05) is 6.67 Å². The van der Waals surface area contributed by atoms with Crippen LogP contribution < -0.4 is 0 Å². The second-order valence-electron chi connectivity index (χ2n) is 2.68. The molecule has 0 saturated carbocycles. The summed E-state index contributed by atoms with van der Waals surface area (Å²) in [5.74, 6) is -0.208. The van der Waals surface area contributed by atoms with E-state index in [1.54, 1.807) is 24.3 Å². The molecule has 1 rings (SSSR count). The Kier molecular flexibility index (Phi) is 7.56. The van der Waals surface area contributed by atoms with Gasteiger partial charge in [-0.15, -0.1) is 24.8 Å². The lowest BCUT2D eigenvalue weighted by atomic mass is 10.1. The summed E-state index contributed by atoms with van der Waals surface area (Å²) in [7, 11) is 0. The Balaban J connectivity index is 0.000000921. The summed E-state index contributed by atoms with van der Waals surface area (Å²) < 4.78 is 11.9. The van der Waals surface area contributed by atoms with E-state index in [1.165, 1.54) is 0 Å². The number of hydrogen-bond acceptors (Lipinski definition) is 1. The molecule has 0 amide bonds. The molecule has 15 heavy (non-hydrogen) atoms. The quantitative estimate of drug-likeness (QED) is 0.437. The Bertz CT molecular complexity index is 287. The minimum Gasteiger partial charge on any atom is -0.293 e. The second-order valence-corrected chi connectivity index (χ2v) is 3.20. The van der Waals surface area contributed by atoms with Crippen LogP contribution in [0.2, 0.25) is 0 Å². The lowest BCUT2D eigenvalue weighted by Crippen LogP contribution is -2.15. The summed E-state index contributed by atoms with van der Waals surface area (Å²) in [4.78, 5) is 11.4. The molecular formula is C12H14ClFO. The number of ketones is 1. The van der Waals surface area contributed by atoms with Crippen molar-refractivity contribution in [1.29, 1.82) is 0 Å². The molecule has 0 aliphatic heterocycles. The van der Waals surface area contributed by atoms with Crippen molar-refractivity contribution in [3.05, 3.63) is 49.1 Å². The highest BCUT2D eigenvalue weighted by Crippen LogP contribution is 2.11. The average Bonchev–Trinajstić information content (AvgIpc) is 2.32. The third-order valence-corrected chi connectivity index (χ3v) is 2.12. The van der Waals surface area contributed by atoms with Crippen LogP contribution in [-0.4, -0.2) is 17.8 Å². The molecule has 0 saturated heterocycles. The van der Waals surface area contributed by atoms with E-state index < -0.39 is 12.1 Å². The molecule has 0 spiro atoms. The van der Waals surface area contributed by atoms with Crippen LogP contribution in [0.15, 0.2) is 43.5 Å². The van der Waals surface area contributed by atoms with Crippen LogP contribution in [-0.2, 0) is 0 Å². The normalized spacial score (nSPS) is 11.1. The average molecular weight is 229 g/mol. The molecule has 1 aromatic carbocycles. The van der Waals surface area contributed by atoms with Crippen molar-refractivity contribution >= 4 is 17.4 Å². The van der Waals surface area contributed by atoms with Crippen molar-refractivity contribution in [2.24, 2.45) is 0 Å². The number of hydrogen-bond donors (Lipinski definition) is 0. The van der Waals surface area contributed by atoms with Gasteiger partial charge in [0.15, 0.2) is 5.78 Å². The van der Waals surface area contributed by atoms with E-state index in [0.29, 0.717) is 5.56 Å². The molecule has 0 aromatic heterocycles. The van der Waals surface area contributed by atoms with Crippen LogP contribution >= 0.6 is 11.6 Å². The van der Waals surface area contributed by atoms with Crippen molar-refractivity contribution < 1.29 is 9.18 Å². The highest BCUT2D eigenvalue weighted by atomic mass is 35.5. The fraction of sp³-hybridized carbons (Fsp3) is 0.250. The fourth-order valence-corrected chi connectivity index (χ4v) is 1.22. The molecular weight excluding hydrogens is 215 g/mol. The zero-order chi connectivity index (χ0) is 11.7. The Hall–Kier alpha value is -1.15. The summed E-state index contributed by atoms with van der Waals surface area (Å²) in [5, 5.41) is -0.743. The van der Waals surface area contributed by atoms with Gasteiger partial charge in [-0.25, -0.2) is 0 Å². The standard InChI is InChI=1S/C10H10ClFO.C2H4/c11-9(6-7-12)10(13)8-4-2-1-3-5-8;1-2/h1-5,9H,6-7H2;1-2H2/t9-;/m1./s1. The van der Waals surface area contributed by atoms with Gasteiger partial charge in [0, 0.05) is 5.56 Å². The number of alkyl halides is 2. The molecule has 0 fully saturated rings. The number of benzene rings is 1. The molecule has 0 unspecified atom stereocenters. The first-order valence-corrected chi connectivity index (χ1v) is 4.98. The number of rotatable bonds is 4. The predicted octanol–water partition coefficient (Wildman–Crippen LogP) is 3.64. The van der Waals surface area contributed by atoms with E-state index in [4.69, 9.17) is 11.6 Å².